The molecular formula is C32H36Ag2N6O14. The summed E-state index contributed by atoms with van der Waals surface area (Å²) >= 11 is 0. The smallest absolute Gasteiger partial charge is 0.462 e. The molecular weight excluding hydrogens is 908 g/mol. The zero-order valence-electron chi connectivity index (χ0n) is 29.1. The second kappa shape index (κ2) is 37.1. The standard InChI is InChI=1S/4C8H9NO2.2Ag.2NO3/c4*1-2-11-8(10)7-3-5-9-6-4-7;;;2*2-1(3)4/h4*3-6H,2H2,1H3;;;;/q;;;;2*+1;2*-1. The molecule has 0 aromatic carbocycles. The van der Waals surface area contributed by atoms with E-state index in [9.17, 15) is 19.2 Å². The number of hydrogen-bond donors (Lipinski definition) is 0. The van der Waals surface area contributed by atoms with Gasteiger partial charge in [0.15, 0.2) is 0 Å². The normalized spacial score (nSPS) is 8.37. The Morgan fingerprint density at radius 3 is 0.667 bits per heavy atom. The fourth-order valence-corrected chi connectivity index (χ4v) is 2.81. The van der Waals surface area contributed by atoms with Crippen LogP contribution in [-0.2, 0) is 63.7 Å². The van der Waals surface area contributed by atoms with E-state index in [1.54, 1.807) is 126 Å². The van der Waals surface area contributed by atoms with E-state index < -0.39 is 10.2 Å². The summed E-state index contributed by atoms with van der Waals surface area (Å²) in [4.78, 5) is 75.6. The molecule has 0 radical (unpaired) electrons. The van der Waals surface area contributed by atoms with E-state index >= 15 is 0 Å². The quantitative estimate of drug-likeness (QED) is 0.0769. The summed E-state index contributed by atoms with van der Waals surface area (Å²) < 4.78 is 19.0. The molecule has 54 heavy (non-hydrogen) atoms. The van der Waals surface area contributed by atoms with Crippen molar-refractivity contribution in [1.82, 2.24) is 19.9 Å². The second-order valence-corrected chi connectivity index (χ2v) is 8.27. The van der Waals surface area contributed by atoms with Crippen LogP contribution in [-0.4, -0.2) is 80.4 Å². The molecule has 4 rings (SSSR count). The first-order valence-electron chi connectivity index (χ1n) is 14.8. The third-order valence-corrected chi connectivity index (χ3v) is 4.77. The van der Waals surface area contributed by atoms with Gasteiger partial charge in [0.2, 0.25) is 0 Å². The summed E-state index contributed by atoms with van der Waals surface area (Å²) in [6, 6.07) is 13.0. The largest absolute Gasteiger partial charge is 1.00 e. The molecule has 0 amide bonds. The van der Waals surface area contributed by atoms with Gasteiger partial charge in [-0.05, 0) is 76.2 Å². The Hall–Kier alpha value is -5.64. The number of esters is 4. The third-order valence-electron chi connectivity index (χ3n) is 4.77. The molecule has 0 fully saturated rings. The summed E-state index contributed by atoms with van der Waals surface area (Å²) in [6.45, 7) is 8.72. The average Bonchev–Trinajstić information content (AvgIpc) is 3.14. The molecule has 0 bridgehead atoms. The first-order chi connectivity index (χ1) is 24.8. The van der Waals surface area contributed by atoms with Gasteiger partial charge in [0.1, 0.15) is 0 Å². The maximum Gasteiger partial charge on any atom is 1.00 e. The van der Waals surface area contributed by atoms with E-state index in [1.165, 1.54) is 0 Å². The average molecular weight is 944 g/mol. The molecule has 300 valence electrons. The molecule has 0 saturated heterocycles. The van der Waals surface area contributed by atoms with Crippen molar-refractivity contribution in [3.8, 4) is 0 Å². The topological polar surface area (TPSA) is 289 Å². The molecule has 0 spiro atoms. The molecule has 4 heterocycles. The van der Waals surface area contributed by atoms with Crippen molar-refractivity contribution in [3.63, 3.8) is 0 Å². The molecule has 22 heteroatoms. The van der Waals surface area contributed by atoms with Crippen molar-refractivity contribution in [1.29, 1.82) is 0 Å². The predicted molar refractivity (Wildman–Crippen MR) is 181 cm³/mol. The molecule has 4 aromatic heterocycles. The van der Waals surface area contributed by atoms with E-state index in [1.807, 2.05) is 0 Å². The van der Waals surface area contributed by atoms with Crippen molar-refractivity contribution in [2.24, 2.45) is 0 Å². The van der Waals surface area contributed by atoms with Crippen LogP contribution in [0.2, 0.25) is 0 Å². The van der Waals surface area contributed by atoms with Gasteiger partial charge in [0, 0.05) is 49.6 Å². The molecule has 20 nitrogen and oxygen atoms in total. The first-order valence-corrected chi connectivity index (χ1v) is 14.8. The Kier molecular flexibility index (Phi) is 37.9. The summed E-state index contributed by atoms with van der Waals surface area (Å²) in [5.41, 5.74) is 2.17. The van der Waals surface area contributed by atoms with Crippen LogP contribution in [0, 0.1) is 30.6 Å². The molecule has 0 aliphatic rings. The van der Waals surface area contributed by atoms with E-state index in [-0.39, 0.29) is 68.6 Å². The van der Waals surface area contributed by atoms with Crippen LogP contribution in [0.5, 0.6) is 0 Å². The predicted octanol–water partition coefficient (Wildman–Crippen LogP) is 4.55. The van der Waals surface area contributed by atoms with Gasteiger partial charge in [-0.25, -0.2) is 19.2 Å². The molecule has 0 saturated carbocycles. The summed E-state index contributed by atoms with van der Waals surface area (Å²) in [5, 5.41) is 29.5. The van der Waals surface area contributed by atoms with Gasteiger partial charge < -0.3 is 49.6 Å². The zero-order valence-corrected chi connectivity index (χ0v) is 32.0. The number of aromatic nitrogens is 4. The Bertz CT molecular complexity index is 1350. The van der Waals surface area contributed by atoms with Crippen molar-refractivity contribution >= 4 is 23.9 Å². The van der Waals surface area contributed by atoms with Crippen molar-refractivity contribution in [2.75, 3.05) is 26.4 Å². The fraction of sp³-hybridized carbons (Fsp3) is 0.250. The third kappa shape index (κ3) is 32.3. The molecule has 0 unspecified atom stereocenters. The Balaban J connectivity index is -0.000000286. The van der Waals surface area contributed by atoms with Crippen molar-refractivity contribution in [2.45, 2.75) is 27.7 Å². The van der Waals surface area contributed by atoms with E-state index in [2.05, 4.69) is 19.9 Å². The van der Waals surface area contributed by atoms with E-state index in [0.29, 0.717) is 48.7 Å². The summed E-state index contributed by atoms with van der Waals surface area (Å²) in [5.74, 6) is -1.19. The van der Waals surface area contributed by atoms with Crippen LogP contribution in [0.15, 0.2) is 98.1 Å². The molecule has 0 aliphatic heterocycles. The number of carbonyl (C=O) groups is 4. The summed E-state index contributed by atoms with van der Waals surface area (Å²) in [7, 11) is 0. The molecule has 0 aliphatic carbocycles. The number of nitrogens with zero attached hydrogens (tertiary/aromatic N) is 6. The van der Waals surface area contributed by atoms with Crippen LogP contribution >= 0.6 is 0 Å². The van der Waals surface area contributed by atoms with Gasteiger partial charge in [0.05, 0.1) is 58.9 Å². The number of carbonyl (C=O) groups excluding carboxylic acids is 4. The van der Waals surface area contributed by atoms with Crippen LogP contribution in [0.25, 0.3) is 0 Å². The monoisotopic (exact) mass is 942 g/mol. The maximum absolute atomic E-state index is 11.0. The van der Waals surface area contributed by atoms with Gasteiger partial charge in [0.25, 0.3) is 0 Å². The van der Waals surface area contributed by atoms with Gasteiger partial charge in [-0.1, -0.05) is 0 Å². The minimum atomic E-state index is -1.75. The Labute approximate surface area is 340 Å². The zero-order chi connectivity index (χ0) is 39.6. The maximum atomic E-state index is 11.0. The van der Waals surface area contributed by atoms with Crippen LogP contribution in [0.3, 0.4) is 0 Å². The fourth-order valence-electron chi connectivity index (χ4n) is 2.81. The van der Waals surface area contributed by atoms with E-state index in [4.69, 9.17) is 49.6 Å². The summed E-state index contributed by atoms with van der Waals surface area (Å²) in [6.07, 6.45) is 12.5. The van der Waals surface area contributed by atoms with Gasteiger partial charge in [-0.15, -0.1) is 0 Å². The molecule has 0 atom stereocenters. The number of hydrogen-bond acceptors (Lipinski definition) is 18. The molecule has 0 N–H and O–H groups in total. The van der Waals surface area contributed by atoms with Crippen LogP contribution in [0.1, 0.15) is 69.1 Å². The van der Waals surface area contributed by atoms with Gasteiger partial charge >= 0.3 is 68.6 Å². The van der Waals surface area contributed by atoms with Crippen molar-refractivity contribution < 1.29 is 93.1 Å². The number of pyridine rings is 4. The SMILES string of the molecule is CCOC(=O)c1ccncc1.CCOC(=O)c1ccncc1.CCOC(=O)c1ccncc1.CCOC(=O)c1ccncc1.O=[N+]([O-])[O-].O=[N+]([O-])[O-].[Ag+].[Ag+]. The van der Waals surface area contributed by atoms with Gasteiger partial charge in [-0.3, -0.25) is 19.9 Å². The Morgan fingerprint density at radius 1 is 0.426 bits per heavy atom. The Morgan fingerprint density at radius 2 is 0.556 bits per heavy atom. The first kappa shape index (κ1) is 55.1. The molecule has 4 aromatic rings. The minimum Gasteiger partial charge on any atom is -0.462 e. The van der Waals surface area contributed by atoms with Gasteiger partial charge in [-0.2, -0.15) is 0 Å². The number of ether oxygens (including phenoxy) is 4. The minimum absolute atomic E-state index is 0. The van der Waals surface area contributed by atoms with Crippen LogP contribution < -0.4 is 0 Å². The second-order valence-electron chi connectivity index (χ2n) is 8.27. The number of rotatable bonds is 8. The van der Waals surface area contributed by atoms with Crippen LogP contribution in [0.4, 0.5) is 0 Å². The van der Waals surface area contributed by atoms with Crippen molar-refractivity contribution in [3.05, 3.63) is 151 Å². The van der Waals surface area contributed by atoms with E-state index in [0.717, 1.165) is 0 Å².